The van der Waals surface area contributed by atoms with Crippen LogP contribution in [-0.4, -0.2) is 30.5 Å². The second kappa shape index (κ2) is 8.23. The van der Waals surface area contributed by atoms with Crippen LogP contribution in [0.2, 0.25) is 5.02 Å². The van der Waals surface area contributed by atoms with Crippen LogP contribution in [-0.2, 0) is 4.84 Å². The number of oxime groups is 1. The van der Waals surface area contributed by atoms with Gasteiger partial charge in [0.2, 0.25) is 0 Å². The first kappa shape index (κ1) is 18.9. The summed E-state index contributed by atoms with van der Waals surface area (Å²) in [7, 11) is 1.98. The first-order valence-electron chi connectivity index (χ1n) is 8.51. The van der Waals surface area contributed by atoms with Crippen LogP contribution in [0.3, 0.4) is 0 Å². The van der Waals surface area contributed by atoms with Gasteiger partial charge in [-0.3, -0.25) is 0 Å². The molecule has 0 N–H and O–H groups in total. The molecule has 1 aliphatic rings. The van der Waals surface area contributed by atoms with Crippen LogP contribution < -0.4 is 0 Å². The normalized spacial score (nSPS) is 16.7. The van der Waals surface area contributed by atoms with Crippen LogP contribution in [0, 0.1) is 6.92 Å². The zero-order valence-corrected chi connectivity index (χ0v) is 17.4. The SMILES string of the molecule is CCN(C)C=Nc1cc(C)c(C2CC(c3ccc(Br)cc3)=NO2)cc1Cl. The van der Waals surface area contributed by atoms with E-state index in [-0.39, 0.29) is 6.10 Å². The summed E-state index contributed by atoms with van der Waals surface area (Å²) in [5.41, 5.74) is 4.93. The van der Waals surface area contributed by atoms with E-state index < -0.39 is 0 Å². The van der Waals surface area contributed by atoms with E-state index in [4.69, 9.17) is 16.4 Å². The largest absolute Gasteiger partial charge is 0.387 e. The van der Waals surface area contributed by atoms with E-state index in [2.05, 4.69) is 39.9 Å². The number of nitrogens with zero attached hydrogens (tertiary/aromatic N) is 3. The lowest BCUT2D eigenvalue weighted by molar-refractivity contribution is 0.0853. The van der Waals surface area contributed by atoms with Gasteiger partial charge in [-0.25, -0.2) is 4.99 Å². The maximum Gasteiger partial charge on any atom is 0.158 e. The topological polar surface area (TPSA) is 37.2 Å². The Kier molecular flexibility index (Phi) is 5.99. The summed E-state index contributed by atoms with van der Waals surface area (Å²) >= 11 is 9.90. The van der Waals surface area contributed by atoms with Gasteiger partial charge in [0.05, 0.1) is 22.8 Å². The highest BCUT2D eigenvalue weighted by Crippen LogP contribution is 2.36. The number of aryl methyl sites for hydroxylation is 1. The van der Waals surface area contributed by atoms with Crippen molar-refractivity contribution in [2.45, 2.75) is 26.4 Å². The van der Waals surface area contributed by atoms with Crippen LogP contribution in [0.15, 0.2) is 51.0 Å². The van der Waals surface area contributed by atoms with E-state index in [9.17, 15) is 0 Å². The Balaban J connectivity index is 1.77. The molecule has 0 aromatic heterocycles. The Hall–Kier alpha value is -1.85. The minimum absolute atomic E-state index is 0.123. The fourth-order valence-electron chi connectivity index (χ4n) is 2.73. The van der Waals surface area contributed by atoms with Crippen molar-refractivity contribution in [2.75, 3.05) is 13.6 Å². The number of rotatable bonds is 5. The van der Waals surface area contributed by atoms with E-state index in [0.717, 1.165) is 45.5 Å². The molecule has 0 saturated heterocycles. The summed E-state index contributed by atoms with van der Waals surface area (Å²) in [4.78, 5) is 12.2. The molecule has 6 heteroatoms. The predicted molar refractivity (Wildman–Crippen MR) is 112 cm³/mol. The molecule has 2 aromatic carbocycles. The Bertz CT molecular complexity index is 849. The molecule has 136 valence electrons. The van der Waals surface area contributed by atoms with E-state index in [1.807, 2.05) is 48.3 Å². The third-order valence-electron chi connectivity index (χ3n) is 4.42. The van der Waals surface area contributed by atoms with Gasteiger partial charge in [0, 0.05) is 24.5 Å². The van der Waals surface area contributed by atoms with Crippen LogP contribution in [0.4, 0.5) is 5.69 Å². The monoisotopic (exact) mass is 433 g/mol. The Morgan fingerprint density at radius 1 is 1.35 bits per heavy atom. The van der Waals surface area contributed by atoms with Gasteiger partial charge in [-0.15, -0.1) is 0 Å². The summed E-state index contributed by atoms with van der Waals surface area (Å²) in [5.74, 6) is 0. The number of hydrogen-bond acceptors (Lipinski definition) is 3. The van der Waals surface area contributed by atoms with Crippen LogP contribution in [0.1, 0.15) is 36.1 Å². The molecule has 0 saturated carbocycles. The molecular weight excluding hydrogens is 414 g/mol. The van der Waals surface area contributed by atoms with Crippen molar-refractivity contribution >= 4 is 45.3 Å². The van der Waals surface area contributed by atoms with Crippen molar-refractivity contribution in [3.05, 3.63) is 62.6 Å². The van der Waals surface area contributed by atoms with Gasteiger partial charge in [0.25, 0.3) is 0 Å². The highest BCUT2D eigenvalue weighted by Gasteiger charge is 2.26. The average molecular weight is 435 g/mol. The van der Waals surface area contributed by atoms with Crippen molar-refractivity contribution in [3.8, 4) is 0 Å². The third kappa shape index (κ3) is 4.27. The first-order valence-corrected chi connectivity index (χ1v) is 9.68. The lowest BCUT2D eigenvalue weighted by atomic mass is 9.97. The molecule has 0 bridgehead atoms. The lowest BCUT2D eigenvalue weighted by Gasteiger charge is -2.14. The van der Waals surface area contributed by atoms with Crippen LogP contribution in [0.25, 0.3) is 0 Å². The van der Waals surface area contributed by atoms with Gasteiger partial charge in [-0.1, -0.05) is 44.8 Å². The van der Waals surface area contributed by atoms with Gasteiger partial charge < -0.3 is 9.74 Å². The third-order valence-corrected chi connectivity index (χ3v) is 5.25. The highest BCUT2D eigenvalue weighted by molar-refractivity contribution is 9.10. The smallest absolute Gasteiger partial charge is 0.158 e. The standard InChI is InChI=1S/C20H21BrClN3O/c1-4-25(3)12-23-19-9-13(2)16(10-17(19)22)20-11-18(24-26-20)14-5-7-15(21)8-6-14/h5-10,12,20H,4,11H2,1-3H3. The molecule has 3 rings (SSSR count). The highest BCUT2D eigenvalue weighted by atomic mass is 79.9. The molecule has 0 amide bonds. The van der Waals surface area contributed by atoms with Gasteiger partial charge in [0.1, 0.15) is 0 Å². The molecular formula is C20H21BrClN3O. The zero-order valence-electron chi connectivity index (χ0n) is 15.0. The van der Waals surface area contributed by atoms with Crippen LogP contribution >= 0.6 is 27.5 Å². The van der Waals surface area contributed by atoms with Crippen LogP contribution in [0.5, 0.6) is 0 Å². The summed E-state index contributed by atoms with van der Waals surface area (Å²) in [5, 5.41) is 4.90. The number of aliphatic imine (C=N–C) groups is 1. The molecule has 0 spiro atoms. The molecule has 0 radical (unpaired) electrons. The van der Waals surface area contributed by atoms with Crippen molar-refractivity contribution in [1.29, 1.82) is 0 Å². The van der Waals surface area contributed by atoms with Gasteiger partial charge >= 0.3 is 0 Å². The van der Waals surface area contributed by atoms with Crippen molar-refractivity contribution in [3.63, 3.8) is 0 Å². The quantitative estimate of drug-likeness (QED) is 0.435. The molecule has 4 nitrogen and oxygen atoms in total. The number of halogens is 2. The fourth-order valence-corrected chi connectivity index (χ4v) is 3.21. The summed E-state index contributed by atoms with van der Waals surface area (Å²) < 4.78 is 1.05. The van der Waals surface area contributed by atoms with Gasteiger partial charge in [0.15, 0.2) is 6.10 Å². The second-order valence-electron chi connectivity index (χ2n) is 6.32. The number of hydrogen-bond donors (Lipinski definition) is 0. The van der Waals surface area contributed by atoms with Crippen molar-refractivity contribution in [1.82, 2.24) is 4.90 Å². The lowest BCUT2D eigenvalue weighted by Crippen LogP contribution is -2.14. The molecule has 0 fully saturated rings. The Labute approximate surface area is 167 Å². The molecule has 0 aliphatic carbocycles. The van der Waals surface area contributed by atoms with E-state index in [0.29, 0.717) is 5.02 Å². The molecule has 1 heterocycles. The van der Waals surface area contributed by atoms with Crippen molar-refractivity contribution in [2.24, 2.45) is 10.1 Å². The van der Waals surface area contributed by atoms with E-state index in [1.165, 1.54) is 0 Å². The summed E-state index contributed by atoms with van der Waals surface area (Å²) in [6.45, 7) is 5.02. The van der Waals surface area contributed by atoms with Gasteiger partial charge in [-0.05, 0) is 54.8 Å². The molecule has 1 atom stereocenters. The average Bonchev–Trinajstić information content (AvgIpc) is 3.12. The van der Waals surface area contributed by atoms with E-state index in [1.54, 1.807) is 6.34 Å². The number of benzene rings is 2. The zero-order chi connectivity index (χ0) is 18.7. The minimum atomic E-state index is -0.123. The predicted octanol–water partition coefficient (Wildman–Crippen LogP) is 5.89. The molecule has 2 aromatic rings. The Morgan fingerprint density at radius 2 is 2.08 bits per heavy atom. The second-order valence-corrected chi connectivity index (χ2v) is 7.64. The maximum absolute atomic E-state index is 6.45. The molecule has 1 aliphatic heterocycles. The molecule has 1 unspecified atom stereocenters. The summed E-state index contributed by atoms with van der Waals surface area (Å²) in [6.07, 6.45) is 2.39. The van der Waals surface area contributed by atoms with E-state index >= 15 is 0 Å². The Morgan fingerprint density at radius 3 is 2.77 bits per heavy atom. The fraction of sp³-hybridized carbons (Fsp3) is 0.300. The summed E-state index contributed by atoms with van der Waals surface area (Å²) in [6, 6.07) is 12.0. The van der Waals surface area contributed by atoms with Crippen molar-refractivity contribution < 1.29 is 4.84 Å². The van der Waals surface area contributed by atoms with Gasteiger partial charge in [-0.2, -0.15) is 0 Å². The molecule has 26 heavy (non-hydrogen) atoms. The first-order chi connectivity index (χ1) is 12.5. The minimum Gasteiger partial charge on any atom is -0.387 e. The maximum atomic E-state index is 6.45.